The summed E-state index contributed by atoms with van der Waals surface area (Å²) >= 11 is 0. The van der Waals surface area contributed by atoms with Crippen molar-refractivity contribution in [2.24, 2.45) is 5.73 Å². The normalized spacial score (nSPS) is 16.0. The predicted molar refractivity (Wildman–Crippen MR) is 107 cm³/mol. The Morgan fingerprint density at radius 2 is 2.00 bits per heavy atom. The Bertz CT molecular complexity index is 850. The van der Waals surface area contributed by atoms with Crippen molar-refractivity contribution in [1.82, 2.24) is 9.88 Å². The van der Waals surface area contributed by atoms with Gasteiger partial charge >= 0.3 is 6.09 Å². The standard InChI is InChI=1S/C12H9FN2O.C9H17NO3/c13-10-3-1-2-8(6-10)11-5-4-9(7-15-11)12(14)16;1-9(2,3)13-8(12)10-5-4-7(11)6-10/h1-7H,(H2,14,16);7,11H,4-6H2,1-3H3. The zero-order valence-corrected chi connectivity index (χ0v) is 16.8. The van der Waals surface area contributed by atoms with Gasteiger partial charge in [0.1, 0.15) is 11.4 Å². The highest BCUT2D eigenvalue weighted by Gasteiger charge is 2.28. The summed E-state index contributed by atoms with van der Waals surface area (Å²) in [6.07, 6.45) is 1.32. The molecule has 0 aliphatic carbocycles. The SMILES string of the molecule is CC(C)(C)OC(=O)N1CCC(O)C1.NC(=O)c1ccc(-c2cccc(F)c2)nc1. The third-order valence-corrected chi connectivity index (χ3v) is 3.98. The van der Waals surface area contributed by atoms with Crippen LogP contribution in [0, 0.1) is 5.82 Å². The first-order chi connectivity index (χ1) is 13.5. The fraction of sp³-hybridized carbons (Fsp3) is 0.381. The number of benzene rings is 1. The number of ether oxygens (including phenoxy) is 1. The first-order valence-electron chi connectivity index (χ1n) is 9.23. The van der Waals surface area contributed by atoms with Gasteiger partial charge < -0.3 is 20.5 Å². The lowest BCUT2D eigenvalue weighted by atomic mass is 10.1. The summed E-state index contributed by atoms with van der Waals surface area (Å²) in [5.41, 5.74) is 6.23. The highest BCUT2D eigenvalue weighted by molar-refractivity contribution is 5.92. The third kappa shape index (κ3) is 7.15. The molecule has 1 saturated heterocycles. The van der Waals surface area contributed by atoms with E-state index in [1.165, 1.54) is 23.2 Å². The van der Waals surface area contributed by atoms with Crippen LogP contribution in [0.1, 0.15) is 37.6 Å². The first kappa shape index (κ1) is 22.3. The van der Waals surface area contributed by atoms with Gasteiger partial charge in [-0.2, -0.15) is 0 Å². The molecule has 1 aliphatic rings. The number of hydrogen-bond acceptors (Lipinski definition) is 5. The van der Waals surface area contributed by atoms with E-state index in [-0.39, 0.29) is 18.0 Å². The molecule has 3 rings (SSSR count). The van der Waals surface area contributed by atoms with Gasteiger partial charge in [-0.3, -0.25) is 9.78 Å². The molecule has 7 nitrogen and oxygen atoms in total. The van der Waals surface area contributed by atoms with Crippen molar-refractivity contribution in [2.45, 2.75) is 38.9 Å². The summed E-state index contributed by atoms with van der Waals surface area (Å²) in [7, 11) is 0. The maximum atomic E-state index is 13.0. The fourth-order valence-electron chi connectivity index (χ4n) is 2.59. The van der Waals surface area contributed by atoms with Crippen LogP contribution in [-0.4, -0.2) is 51.8 Å². The molecule has 1 aromatic carbocycles. The summed E-state index contributed by atoms with van der Waals surface area (Å²) < 4.78 is 18.1. The smallest absolute Gasteiger partial charge is 0.410 e. The third-order valence-electron chi connectivity index (χ3n) is 3.98. The molecular formula is C21H26FN3O4. The fourth-order valence-corrected chi connectivity index (χ4v) is 2.59. The van der Waals surface area contributed by atoms with E-state index < -0.39 is 11.5 Å². The van der Waals surface area contributed by atoms with Gasteiger partial charge in [-0.25, -0.2) is 9.18 Å². The number of aliphatic hydroxyl groups is 1. The molecule has 0 saturated carbocycles. The van der Waals surface area contributed by atoms with E-state index in [1.54, 1.807) is 24.3 Å². The molecule has 1 fully saturated rings. The Balaban J connectivity index is 0.000000212. The number of primary amides is 1. The van der Waals surface area contributed by atoms with Crippen LogP contribution in [0.15, 0.2) is 42.6 Å². The van der Waals surface area contributed by atoms with Crippen molar-refractivity contribution in [3.63, 3.8) is 0 Å². The minimum Gasteiger partial charge on any atom is -0.444 e. The summed E-state index contributed by atoms with van der Waals surface area (Å²) in [5.74, 6) is -0.850. The average molecular weight is 403 g/mol. The Hall–Kier alpha value is -3.00. The van der Waals surface area contributed by atoms with Gasteiger partial charge in [0.25, 0.3) is 0 Å². The number of aromatic nitrogens is 1. The highest BCUT2D eigenvalue weighted by Crippen LogP contribution is 2.18. The van der Waals surface area contributed by atoms with Gasteiger partial charge in [0.15, 0.2) is 0 Å². The topological polar surface area (TPSA) is 106 Å². The molecule has 1 unspecified atom stereocenters. The van der Waals surface area contributed by atoms with Gasteiger partial charge in [0.2, 0.25) is 5.91 Å². The zero-order valence-electron chi connectivity index (χ0n) is 16.8. The molecule has 1 aromatic heterocycles. The number of amides is 2. The van der Waals surface area contributed by atoms with Crippen LogP contribution in [-0.2, 0) is 4.74 Å². The zero-order chi connectivity index (χ0) is 21.6. The second kappa shape index (κ2) is 9.47. The average Bonchev–Trinajstić information content (AvgIpc) is 3.08. The van der Waals surface area contributed by atoms with Gasteiger partial charge in [-0.15, -0.1) is 0 Å². The molecule has 0 spiro atoms. The number of likely N-dealkylation sites (tertiary alicyclic amines) is 1. The molecule has 1 atom stereocenters. The minimum absolute atomic E-state index is 0.321. The molecule has 2 aromatic rings. The lowest BCUT2D eigenvalue weighted by Gasteiger charge is -2.24. The van der Waals surface area contributed by atoms with Gasteiger partial charge in [-0.05, 0) is 51.5 Å². The largest absolute Gasteiger partial charge is 0.444 e. The number of β-amino-alcohol motifs (C(OH)–C–C–N with tert-alkyl or cyclic N) is 1. The summed E-state index contributed by atoms with van der Waals surface area (Å²) in [6, 6.07) is 9.29. The lowest BCUT2D eigenvalue weighted by Crippen LogP contribution is -2.35. The number of aliphatic hydroxyl groups excluding tert-OH is 1. The quantitative estimate of drug-likeness (QED) is 0.802. The second-order valence-corrected chi connectivity index (χ2v) is 7.68. The van der Waals surface area contributed by atoms with Crippen LogP contribution in [0.5, 0.6) is 0 Å². The van der Waals surface area contributed by atoms with Crippen LogP contribution < -0.4 is 5.73 Å². The number of nitrogens with zero attached hydrogens (tertiary/aromatic N) is 2. The number of carbonyl (C=O) groups is 2. The van der Waals surface area contributed by atoms with E-state index in [9.17, 15) is 19.1 Å². The lowest BCUT2D eigenvalue weighted by molar-refractivity contribution is 0.0270. The van der Waals surface area contributed by atoms with Crippen LogP contribution >= 0.6 is 0 Å². The maximum Gasteiger partial charge on any atom is 0.410 e. The number of halogens is 1. The Morgan fingerprint density at radius 3 is 2.48 bits per heavy atom. The maximum absolute atomic E-state index is 13.0. The molecule has 0 bridgehead atoms. The van der Waals surface area contributed by atoms with Crippen molar-refractivity contribution >= 4 is 12.0 Å². The van der Waals surface area contributed by atoms with Gasteiger partial charge in [0, 0.05) is 24.8 Å². The Morgan fingerprint density at radius 1 is 1.28 bits per heavy atom. The van der Waals surface area contributed by atoms with Crippen molar-refractivity contribution < 1.29 is 23.8 Å². The second-order valence-electron chi connectivity index (χ2n) is 7.68. The number of carbonyl (C=O) groups excluding carboxylic acids is 2. The van der Waals surface area contributed by atoms with E-state index in [0.717, 1.165) is 0 Å². The highest BCUT2D eigenvalue weighted by atomic mass is 19.1. The summed E-state index contributed by atoms with van der Waals surface area (Å²) in [5, 5.41) is 9.20. The summed E-state index contributed by atoms with van der Waals surface area (Å²) in [4.78, 5) is 27.8. The Labute approximate surface area is 169 Å². The molecule has 8 heteroatoms. The summed E-state index contributed by atoms with van der Waals surface area (Å²) in [6.45, 7) is 6.48. The molecule has 3 N–H and O–H groups in total. The minimum atomic E-state index is -0.529. The number of nitrogens with two attached hydrogens (primary N) is 1. The molecular weight excluding hydrogens is 377 g/mol. The molecule has 29 heavy (non-hydrogen) atoms. The molecule has 156 valence electrons. The van der Waals surface area contributed by atoms with Crippen LogP contribution in [0.25, 0.3) is 11.3 Å². The predicted octanol–water partition coefficient (Wildman–Crippen LogP) is 2.97. The van der Waals surface area contributed by atoms with Crippen molar-refractivity contribution in [3.8, 4) is 11.3 Å². The molecule has 0 radical (unpaired) electrons. The van der Waals surface area contributed by atoms with Gasteiger partial charge in [0.05, 0.1) is 17.4 Å². The molecule has 1 aliphatic heterocycles. The van der Waals surface area contributed by atoms with E-state index in [0.29, 0.717) is 36.3 Å². The first-order valence-corrected chi connectivity index (χ1v) is 9.23. The molecule has 2 amide bonds. The van der Waals surface area contributed by atoms with Crippen molar-refractivity contribution in [3.05, 3.63) is 54.0 Å². The van der Waals surface area contributed by atoms with Gasteiger partial charge in [-0.1, -0.05) is 12.1 Å². The van der Waals surface area contributed by atoms with E-state index in [2.05, 4.69) is 4.98 Å². The molecule has 2 heterocycles. The van der Waals surface area contributed by atoms with E-state index in [4.69, 9.17) is 10.5 Å². The van der Waals surface area contributed by atoms with E-state index >= 15 is 0 Å². The number of hydrogen-bond donors (Lipinski definition) is 2. The van der Waals surface area contributed by atoms with Crippen LogP contribution in [0.2, 0.25) is 0 Å². The Kier molecular flexibility index (Phi) is 7.28. The number of pyridine rings is 1. The monoisotopic (exact) mass is 403 g/mol. The van der Waals surface area contributed by atoms with Crippen LogP contribution in [0.4, 0.5) is 9.18 Å². The van der Waals surface area contributed by atoms with Crippen molar-refractivity contribution in [1.29, 1.82) is 0 Å². The van der Waals surface area contributed by atoms with Crippen molar-refractivity contribution in [2.75, 3.05) is 13.1 Å². The van der Waals surface area contributed by atoms with Crippen LogP contribution in [0.3, 0.4) is 0 Å². The number of rotatable bonds is 2. The van der Waals surface area contributed by atoms with E-state index in [1.807, 2.05) is 20.8 Å².